The third kappa shape index (κ3) is 3.53. The van der Waals surface area contributed by atoms with E-state index < -0.39 is 0 Å². The first-order valence-corrected chi connectivity index (χ1v) is 10.5. The second kappa shape index (κ2) is 6.96. The number of nitrogens with one attached hydrogen (secondary N) is 1. The largest absolute Gasteiger partial charge is 0.347 e. The minimum absolute atomic E-state index is 0.0162. The van der Waals surface area contributed by atoms with E-state index in [4.69, 9.17) is 4.98 Å². The quantitative estimate of drug-likeness (QED) is 0.894. The molecule has 1 aromatic carbocycles. The summed E-state index contributed by atoms with van der Waals surface area (Å²) >= 11 is 3.01. The van der Waals surface area contributed by atoms with Crippen molar-refractivity contribution in [2.24, 2.45) is 5.92 Å². The van der Waals surface area contributed by atoms with E-state index in [1.54, 1.807) is 11.3 Å². The maximum atomic E-state index is 12.6. The average molecular weight is 376 g/mol. The Hall–Kier alpha value is -1.60. The van der Waals surface area contributed by atoms with Gasteiger partial charge < -0.3 is 10.2 Å². The van der Waals surface area contributed by atoms with Crippen molar-refractivity contribution >= 4 is 49.5 Å². The molecule has 0 aliphatic carbocycles. The van der Waals surface area contributed by atoms with Crippen molar-refractivity contribution < 1.29 is 9.59 Å². The van der Waals surface area contributed by atoms with E-state index in [2.05, 4.69) is 35.3 Å². The van der Waals surface area contributed by atoms with Gasteiger partial charge in [0.05, 0.1) is 22.2 Å². The lowest BCUT2D eigenvalue weighted by molar-refractivity contribution is -0.128. The molecule has 132 valence electrons. The smallest absolute Gasteiger partial charge is 0.225 e. The fourth-order valence-electron chi connectivity index (χ4n) is 3.44. The molecule has 0 saturated carbocycles. The van der Waals surface area contributed by atoms with Gasteiger partial charge in [-0.3, -0.25) is 9.59 Å². The maximum Gasteiger partial charge on any atom is 0.225 e. The first-order chi connectivity index (χ1) is 12.1. The highest BCUT2D eigenvalue weighted by molar-refractivity contribution is 8.14. The van der Waals surface area contributed by atoms with Crippen LogP contribution in [-0.2, 0) is 9.59 Å². The molecular formula is C18H21N3O2S2. The van der Waals surface area contributed by atoms with Crippen LogP contribution < -0.4 is 10.2 Å². The summed E-state index contributed by atoms with van der Waals surface area (Å²) in [5.74, 6) is 0.759. The summed E-state index contributed by atoms with van der Waals surface area (Å²) in [6, 6.07) is 6.00. The first kappa shape index (κ1) is 16.8. The molecule has 0 spiro atoms. The molecule has 2 aliphatic rings. The van der Waals surface area contributed by atoms with Gasteiger partial charge in [-0.1, -0.05) is 29.2 Å². The lowest BCUT2D eigenvalue weighted by atomic mass is 9.97. The van der Waals surface area contributed by atoms with Gasteiger partial charge in [-0.15, -0.1) is 0 Å². The molecule has 1 N–H and O–H groups in total. The Balaban J connectivity index is 1.46. The van der Waals surface area contributed by atoms with E-state index in [1.807, 2.05) is 0 Å². The summed E-state index contributed by atoms with van der Waals surface area (Å²) in [5.41, 5.74) is 2.25. The van der Waals surface area contributed by atoms with E-state index >= 15 is 0 Å². The SMILES string of the molecule is Cc1ccc2nc(N3CCCC(C(=O)NC4CCSC4=O)C3)sc2c1. The normalized spacial score (nSPS) is 24.0. The highest BCUT2D eigenvalue weighted by Gasteiger charge is 2.32. The van der Waals surface area contributed by atoms with Crippen LogP contribution in [-0.4, -0.2) is 40.9 Å². The molecule has 2 saturated heterocycles. The van der Waals surface area contributed by atoms with Crippen LogP contribution in [0.3, 0.4) is 0 Å². The molecule has 0 radical (unpaired) electrons. The monoisotopic (exact) mass is 375 g/mol. The Labute approximate surface area is 155 Å². The molecule has 0 bridgehead atoms. The van der Waals surface area contributed by atoms with E-state index in [1.165, 1.54) is 22.0 Å². The van der Waals surface area contributed by atoms with E-state index in [-0.39, 0.29) is 23.0 Å². The second-order valence-corrected chi connectivity index (χ2v) is 8.88. The molecule has 2 unspecified atom stereocenters. The van der Waals surface area contributed by atoms with Crippen molar-refractivity contribution in [1.29, 1.82) is 0 Å². The van der Waals surface area contributed by atoms with Gasteiger partial charge >= 0.3 is 0 Å². The number of thiazole rings is 1. The van der Waals surface area contributed by atoms with Gasteiger partial charge in [0.1, 0.15) is 0 Å². The number of carbonyl (C=O) groups excluding carboxylic acids is 2. The Bertz CT molecular complexity index is 820. The van der Waals surface area contributed by atoms with Crippen molar-refractivity contribution in [3.63, 3.8) is 0 Å². The number of rotatable bonds is 3. The highest BCUT2D eigenvalue weighted by Crippen LogP contribution is 2.32. The minimum atomic E-state index is -0.293. The summed E-state index contributed by atoms with van der Waals surface area (Å²) in [7, 11) is 0. The fourth-order valence-corrected chi connectivity index (χ4v) is 5.47. The van der Waals surface area contributed by atoms with Crippen LogP contribution >= 0.6 is 23.1 Å². The molecular weight excluding hydrogens is 354 g/mol. The number of anilines is 1. The predicted molar refractivity (Wildman–Crippen MR) is 103 cm³/mol. The van der Waals surface area contributed by atoms with Gasteiger partial charge in [-0.2, -0.15) is 0 Å². The number of carbonyl (C=O) groups is 2. The molecule has 1 amide bonds. The minimum Gasteiger partial charge on any atom is -0.347 e. The summed E-state index contributed by atoms with van der Waals surface area (Å²) in [6.07, 6.45) is 2.60. The molecule has 1 aromatic heterocycles. The zero-order valence-corrected chi connectivity index (χ0v) is 15.8. The summed E-state index contributed by atoms with van der Waals surface area (Å²) in [4.78, 5) is 31.3. The molecule has 2 fully saturated rings. The standard InChI is InChI=1S/C18H21N3O2S2/c1-11-4-5-13-15(9-11)25-18(20-13)21-7-2-3-12(10-21)16(22)19-14-6-8-24-17(14)23/h4-5,9,12,14H,2-3,6-8,10H2,1H3,(H,19,22). The van der Waals surface area contributed by atoms with Gasteiger partial charge in [0.2, 0.25) is 11.0 Å². The molecule has 2 atom stereocenters. The Kier molecular flexibility index (Phi) is 4.69. The molecule has 2 aromatic rings. The Morgan fingerprint density at radius 3 is 3.04 bits per heavy atom. The summed E-state index contributed by atoms with van der Waals surface area (Å²) in [5, 5.41) is 4.04. The number of nitrogens with zero attached hydrogens (tertiary/aromatic N) is 2. The Morgan fingerprint density at radius 2 is 2.24 bits per heavy atom. The number of piperidine rings is 1. The van der Waals surface area contributed by atoms with E-state index in [9.17, 15) is 9.59 Å². The molecule has 2 aliphatic heterocycles. The summed E-state index contributed by atoms with van der Waals surface area (Å²) in [6.45, 7) is 3.70. The molecule has 5 nitrogen and oxygen atoms in total. The highest BCUT2D eigenvalue weighted by atomic mass is 32.2. The van der Waals surface area contributed by atoms with Gasteiger partial charge in [0.15, 0.2) is 5.13 Å². The number of hydrogen-bond donors (Lipinski definition) is 1. The van der Waals surface area contributed by atoms with Crippen LogP contribution in [0.15, 0.2) is 18.2 Å². The van der Waals surface area contributed by atoms with Crippen molar-refractivity contribution in [2.75, 3.05) is 23.7 Å². The Morgan fingerprint density at radius 1 is 1.36 bits per heavy atom. The predicted octanol–water partition coefficient (Wildman–Crippen LogP) is 2.97. The van der Waals surface area contributed by atoms with Gasteiger partial charge in [0, 0.05) is 18.8 Å². The van der Waals surface area contributed by atoms with Crippen molar-refractivity contribution in [2.45, 2.75) is 32.2 Å². The second-order valence-electron chi connectivity index (χ2n) is 6.77. The van der Waals surface area contributed by atoms with Crippen LogP contribution in [0.2, 0.25) is 0 Å². The third-order valence-corrected chi connectivity index (χ3v) is 6.94. The molecule has 3 heterocycles. The number of thioether (sulfide) groups is 1. The number of benzene rings is 1. The lowest BCUT2D eigenvalue weighted by Crippen LogP contribution is -2.47. The molecule has 25 heavy (non-hydrogen) atoms. The lowest BCUT2D eigenvalue weighted by Gasteiger charge is -2.32. The van der Waals surface area contributed by atoms with Gasteiger partial charge in [0.25, 0.3) is 0 Å². The topological polar surface area (TPSA) is 62.3 Å². The van der Waals surface area contributed by atoms with Crippen LogP contribution in [0.4, 0.5) is 5.13 Å². The van der Waals surface area contributed by atoms with Gasteiger partial charge in [-0.25, -0.2) is 4.98 Å². The van der Waals surface area contributed by atoms with E-state index in [0.29, 0.717) is 6.54 Å². The number of aromatic nitrogens is 1. The zero-order valence-electron chi connectivity index (χ0n) is 14.2. The van der Waals surface area contributed by atoms with Crippen LogP contribution in [0.5, 0.6) is 0 Å². The number of fused-ring (bicyclic) bond motifs is 1. The van der Waals surface area contributed by atoms with E-state index in [0.717, 1.165) is 42.2 Å². The van der Waals surface area contributed by atoms with Crippen LogP contribution in [0, 0.1) is 12.8 Å². The fraction of sp³-hybridized carbons (Fsp3) is 0.500. The van der Waals surface area contributed by atoms with Crippen molar-refractivity contribution in [3.8, 4) is 0 Å². The van der Waals surface area contributed by atoms with Crippen molar-refractivity contribution in [1.82, 2.24) is 10.3 Å². The molecule has 4 rings (SSSR count). The molecule has 7 heteroatoms. The van der Waals surface area contributed by atoms with Crippen LogP contribution in [0.1, 0.15) is 24.8 Å². The number of aryl methyl sites for hydroxylation is 1. The van der Waals surface area contributed by atoms with Gasteiger partial charge in [-0.05, 0) is 43.9 Å². The average Bonchev–Trinajstić information content (AvgIpc) is 3.21. The zero-order chi connectivity index (χ0) is 17.4. The van der Waals surface area contributed by atoms with Crippen LogP contribution in [0.25, 0.3) is 10.2 Å². The number of hydrogen-bond acceptors (Lipinski definition) is 6. The van der Waals surface area contributed by atoms with Crippen molar-refractivity contribution in [3.05, 3.63) is 23.8 Å². The maximum absolute atomic E-state index is 12.6. The number of amides is 1. The summed E-state index contributed by atoms with van der Waals surface area (Å²) < 4.78 is 1.19. The third-order valence-electron chi connectivity index (χ3n) is 4.85. The first-order valence-electron chi connectivity index (χ1n) is 8.69.